The minimum Gasteiger partial charge on any atom is -0.419 e. The summed E-state index contributed by atoms with van der Waals surface area (Å²) in [5.74, 6) is 0.915. The number of benzene rings is 2. The third-order valence-corrected chi connectivity index (χ3v) is 3.41. The van der Waals surface area contributed by atoms with E-state index in [1.807, 2.05) is 36.4 Å². The Bertz CT molecular complexity index is 758. The summed E-state index contributed by atoms with van der Waals surface area (Å²) in [6.45, 7) is 0.400. The molecule has 0 bridgehead atoms. The lowest BCUT2D eigenvalue weighted by Crippen LogP contribution is -1.99. The predicted molar refractivity (Wildman–Crippen MR) is 83.5 cm³/mol. The van der Waals surface area contributed by atoms with E-state index in [1.165, 1.54) is 0 Å². The van der Waals surface area contributed by atoms with Crippen LogP contribution < -0.4 is 5.32 Å². The summed E-state index contributed by atoms with van der Waals surface area (Å²) in [7, 11) is 0. The number of rotatable bonds is 4. The van der Waals surface area contributed by atoms with Gasteiger partial charge in [0, 0.05) is 10.6 Å². The van der Waals surface area contributed by atoms with E-state index in [0.29, 0.717) is 28.4 Å². The minimum atomic E-state index is 0.400. The fourth-order valence-electron chi connectivity index (χ4n) is 1.84. The molecule has 0 spiro atoms. The monoisotopic (exact) mass is 319 g/mol. The zero-order valence-corrected chi connectivity index (χ0v) is 12.4. The summed E-state index contributed by atoms with van der Waals surface area (Å²) in [5, 5.41) is 12.4. The van der Waals surface area contributed by atoms with E-state index in [4.69, 9.17) is 27.6 Å². The molecule has 0 amide bonds. The highest BCUT2D eigenvalue weighted by atomic mass is 35.5. The molecule has 0 saturated carbocycles. The third kappa shape index (κ3) is 3.35. The van der Waals surface area contributed by atoms with Gasteiger partial charge in [-0.2, -0.15) is 0 Å². The summed E-state index contributed by atoms with van der Waals surface area (Å²) >= 11 is 12.0. The van der Waals surface area contributed by atoms with E-state index in [2.05, 4.69) is 15.5 Å². The average Bonchev–Trinajstić information content (AvgIpc) is 2.95. The number of aromatic nitrogens is 2. The highest BCUT2D eigenvalue weighted by Crippen LogP contribution is 2.23. The Morgan fingerprint density at radius 1 is 1.00 bits per heavy atom. The molecule has 3 aromatic rings. The first-order valence-electron chi connectivity index (χ1n) is 6.29. The van der Waals surface area contributed by atoms with Gasteiger partial charge in [-0.05, 0) is 30.3 Å². The summed E-state index contributed by atoms with van der Waals surface area (Å²) in [6.07, 6.45) is 0. The van der Waals surface area contributed by atoms with Gasteiger partial charge in [0.1, 0.15) is 0 Å². The molecule has 1 aromatic heterocycles. The maximum atomic E-state index is 6.07. The van der Waals surface area contributed by atoms with Crippen LogP contribution in [-0.4, -0.2) is 10.2 Å². The van der Waals surface area contributed by atoms with Crippen LogP contribution in [0, 0.1) is 0 Å². The SMILES string of the molecule is Clc1cccc(-c2nnc(CNc3ccccc3Cl)o2)c1. The maximum Gasteiger partial charge on any atom is 0.247 e. The third-order valence-electron chi connectivity index (χ3n) is 2.84. The number of nitrogens with zero attached hydrogens (tertiary/aromatic N) is 2. The van der Waals surface area contributed by atoms with Gasteiger partial charge in [-0.25, -0.2) is 0 Å². The number of hydrogen-bond acceptors (Lipinski definition) is 4. The molecule has 0 aliphatic heterocycles. The van der Waals surface area contributed by atoms with Gasteiger partial charge in [-0.15, -0.1) is 10.2 Å². The lowest BCUT2D eigenvalue weighted by Gasteiger charge is -2.04. The van der Waals surface area contributed by atoms with Crippen LogP contribution in [0.2, 0.25) is 10.0 Å². The standard InChI is InChI=1S/C15H11Cl2N3O/c16-11-5-3-4-10(8-11)15-20-19-14(21-15)9-18-13-7-2-1-6-12(13)17/h1-8,18H,9H2. The quantitative estimate of drug-likeness (QED) is 0.760. The molecule has 0 saturated heterocycles. The van der Waals surface area contributed by atoms with Crippen molar-refractivity contribution in [2.24, 2.45) is 0 Å². The van der Waals surface area contributed by atoms with Crippen LogP contribution in [-0.2, 0) is 6.54 Å². The summed E-state index contributed by atoms with van der Waals surface area (Å²) < 4.78 is 5.60. The van der Waals surface area contributed by atoms with Gasteiger partial charge in [-0.1, -0.05) is 41.4 Å². The van der Waals surface area contributed by atoms with Crippen LogP contribution in [0.1, 0.15) is 5.89 Å². The van der Waals surface area contributed by atoms with Crippen molar-refractivity contribution in [3.05, 3.63) is 64.5 Å². The highest BCUT2D eigenvalue weighted by Gasteiger charge is 2.09. The molecule has 4 nitrogen and oxygen atoms in total. The molecule has 1 heterocycles. The van der Waals surface area contributed by atoms with Crippen LogP contribution in [0.5, 0.6) is 0 Å². The molecule has 0 aliphatic carbocycles. The second-order valence-corrected chi connectivity index (χ2v) is 5.19. The van der Waals surface area contributed by atoms with E-state index in [0.717, 1.165) is 11.3 Å². The molecule has 0 atom stereocenters. The highest BCUT2D eigenvalue weighted by molar-refractivity contribution is 6.33. The van der Waals surface area contributed by atoms with Gasteiger partial charge >= 0.3 is 0 Å². The second kappa shape index (κ2) is 6.16. The molecule has 21 heavy (non-hydrogen) atoms. The summed E-state index contributed by atoms with van der Waals surface area (Å²) in [6, 6.07) is 14.7. The average molecular weight is 320 g/mol. The van der Waals surface area contributed by atoms with Crippen LogP contribution in [0.15, 0.2) is 52.9 Å². The van der Waals surface area contributed by atoms with E-state index in [9.17, 15) is 0 Å². The molecule has 0 radical (unpaired) electrons. The van der Waals surface area contributed by atoms with Crippen molar-refractivity contribution in [3.63, 3.8) is 0 Å². The van der Waals surface area contributed by atoms with Crippen LogP contribution in [0.3, 0.4) is 0 Å². The molecule has 6 heteroatoms. The number of hydrogen-bond donors (Lipinski definition) is 1. The Balaban J connectivity index is 1.72. The van der Waals surface area contributed by atoms with Crippen molar-refractivity contribution in [1.29, 1.82) is 0 Å². The predicted octanol–water partition coefficient (Wildman–Crippen LogP) is 4.66. The summed E-state index contributed by atoms with van der Waals surface area (Å²) in [4.78, 5) is 0. The largest absolute Gasteiger partial charge is 0.419 e. The first-order valence-corrected chi connectivity index (χ1v) is 7.05. The van der Waals surface area contributed by atoms with Gasteiger partial charge < -0.3 is 9.73 Å². The number of para-hydroxylation sites is 1. The van der Waals surface area contributed by atoms with Gasteiger partial charge in [0.25, 0.3) is 0 Å². The molecule has 2 aromatic carbocycles. The smallest absolute Gasteiger partial charge is 0.247 e. The van der Waals surface area contributed by atoms with Crippen molar-refractivity contribution >= 4 is 28.9 Å². The van der Waals surface area contributed by atoms with E-state index < -0.39 is 0 Å². The zero-order valence-electron chi connectivity index (χ0n) is 10.9. The Hall–Kier alpha value is -2.04. The molecular formula is C15H11Cl2N3O. The fraction of sp³-hybridized carbons (Fsp3) is 0.0667. The van der Waals surface area contributed by atoms with Crippen LogP contribution >= 0.6 is 23.2 Å². The van der Waals surface area contributed by atoms with Crippen molar-refractivity contribution in [2.45, 2.75) is 6.54 Å². The van der Waals surface area contributed by atoms with Gasteiger partial charge in [0.15, 0.2) is 0 Å². The molecule has 0 fully saturated rings. The van der Waals surface area contributed by atoms with Crippen molar-refractivity contribution < 1.29 is 4.42 Å². The van der Waals surface area contributed by atoms with Crippen LogP contribution in [0.4, 0.5) is 5.69 Å². The van der Waals surface area contributed by atoms with Gasteiger partial charge in [-0.3, -0.25) is 0 Å². The molecule has 0 aliphatic rings. The van der Waals surface area contributed by atoms with E-state index in [-0.39, 0.29) is 0 Å². The van der Waals surface area contributed by atoms with Crippen molar-refractivity contribution in [3.8, 4) is 11.5 Å². The zero-order chi connectivity index (χ0) is 14.7. The normalized spacial score (nSPS) is 10.6. The Morgan fingerprint density at radius 2 is 1.86 bits per heavy atom. The van der Waals surface area contributed by atoms with Crippen molar-refractivity contribution in [1.82, 2.24) is 10.2 Å². The second-order valence-electron chi connectivity index (χ2n) is 4.34. The van der Waals surface area contributed by atoms with Gasteiger partial charge in [0.2, 0.25) is 11.8 Å². The Morgan fingerprint density at radius 3 is 2.67 bits per heavy atom. The van der Waals surface area contributed by atoms with Crippen LogP contribution in [0.25, 0.3) is 11.5 Å². The minimum absolute atomic E-state index is 0.400. The first-order chi connectivity index (χ1) is 10.2. The van der Waals surface area contributed by atoms with E-state index >= 15 is 0 Å². The number of halogens is 2. The van der Waals surface area contributed by atoms with Crippen molar-refractivity contribution in [2.75, 3.05) is 5.32 Å². The molecule has 106 valence electrons. The molecule has 1 N–H and O–H groups in total. The topological polar surface area (TPSA) is 51.0 Å². The Kier molecular flexibility index (Phi) is 4.08. The molecule has 0 unspecified atom stereocenters. The fourth-order valence-corrected chi connectivity index (χ4v) is 2.23. The first kappa shape index (κ1) is 13.9. The summed E-state index contributed by atoms with van der Waals surface area (Å²) in [5.41, 5.74) is 1.61. The lowest BCUT2D eigenvalue weighted by molar-refractivity contribution is 0.515. The molecular weight excluding hydrogens is 309 g/mol. The molecule has 3 rings (SSSR count). The lowest BCUT2D eigenvalue weighted by atomic mass is 10.2. The Labute approximate surface area is 131 Å². The number of nitrogens with one attached hydrogen (secondary N) is 1. The maximum absolute atomic E-state index is 6.07. The number of anilines is 1. The van der Waals surface area contributed by atoms with Gasteiger partial charge in [0.05, 0.1) is 17.3 Å². The van der Waals surface area contributed by atoms with E-state index in [1.54, 1.807) is 12.1 Å².